The molecule has 0 radical (unpaired) electrons. The molecule has 84 valence electrons. The molecule has 0 amide bonds. The molecule has 1 atom stereocenters. The van der Waals surface area contributed by atoms with E-state index in [1.807, 2.05) is 0 Å². The highest BCUT2D eigenvalue weighted by Gasteiger charge is 2.36. The summed E-state index contributed by atoms with van der Waals surface area (Å²) in [6, 6.07) is 0. The summed E-state index contributed by atoms with van der Waals surface area (Å²) in [5.41, 5.74) is 0.488. The van der Waals surface area contributed by atoms with Gasteiger partial charge in [0.25, 0.3) is 0 Å². The van der Waals surface area contributed by atoms with Crippen LogP contribution in [0.2, 0.25) is 0 Å². The van der Waals surface area contributed by atoms with E-state index in [-0.39, 0.29) is 11.0 Å². The average Bonchev–Trinajstić information content (AvgIpc) is 2.16. The van der Waals surface area contributed by atoms with E-state index in [4.69, 9.17) is 4.74 Å². The van der Waals surface area contributed by atoms with Gasteiger partial charge in [-0.25, -0.2) is 0 Å². The third-order valence-electron chi connectivity index (χ3n) is 3.54. The van der Waals surface area contributed by atoms with Gasteiger partial charge in [0, 0.05) is 12.1 Å². The zero-order valence-corrected chi connectivity index (χ0v) is 10.3. The molecule has 2 nitrogen and oxygen atoms in total. The quantitative estimate of drug-likeness (QED) is 0.738. The Kier molecular flexibility index (Phi) is 3.59. The first kappa shape index (κ1) is 12.0. The minimum atomic E-state index is 0.238. The van der Waals surface area contributed by atoms with Gasteiger partial charge in [0.05, 0.1) is 12.7 Å². The maximum absolute atomic E-state index is 5.98. The van der Waals surface area contributed by atoms with Crippen molar-refractivity contribution in [2.75, 3.05) is 13.2 Å². The van der Waals surface area contributed by atoms with E-state index < -0.39 is 0 Å². The summed E-state index contributed by atoms with van der Waals surface area (Å²) in [5.74, 6) is 0. The lowest BCUT2D eigenvalue weighted by atomic mass is 9.85. The summed E-state index contributed by atoms with van der Waals surface area (Å²) in [4.78, 5) is 0. The van der Waals surface area contributed by atoms with Gasteiger partial charge in [0.2, 0.25) is 0 Å². The second-order valence-corrected chi connectivity index (χ2v) is 5.53. The lowest BCUT2D eigenvalue weighted by Crippen LogP contribution is -2.58. The van der Waals surface area contributed by atoms with Crippen molar-refractivity contribution >= 4 is 0 Å². The minimum Gasteiger partial charge on any atom is -0.374 e. The topological polar surface area (TPSA) is 21.3 Å². The Morgan fingerprint density at radius 2 is 1.86 bits per heavy atom. The van der Waals surface area contributed by atoms with Gasteiger partial charge in [-0.05, 0) is 18.3 Å². The van der Waals surface area contributed by atoms with Crippen molar-refractivity contribution in [3.8, 4) is 0 Å². The Morgan fingerprint density at radius 3 is 2.14 bits per heavy atom. The third-order valence-corrected chi connectivity index (χ3v) is 3.54. The summed E-state index contributed by atoms with van der Waals surface area (Å²) >= 11 is 0. The minimum absolute atomic E-state index is 0.238. The molecule has 14 heavy (non-hydrogen) atoms. The number of morpholine rings is 1. The van der Waals surface area contributed by atoms with Gasteiger partial charge in [-0.15, -0.1) is 0 Å². The molecular formula is C12H25NO. The molecule has 0 aliphatic carbocycles. The van der Waals surface area contributed by atoms with Crippen LogP contribution in [0.5, 0.6) is 0 Å². The van der Waals surface area contributed by atoms with Crippen LogP contribution in [0.4, 0.5) is 0 Å². The highest BCUT2D eigenvalue weighted by Crippen LogP contribution is 2.28. The first-order valence-electron chi connectivity index (χ1n) is 5.80. The van der Waals surface area contributed by atoms with Gasteiger partial charge in [-0.1, -0.05) is 34.6 Å². The van der Waals surface area contributed by atoms with Crippen LogP contribution in [-0.4, -0.2) is 24.8 Å². The normalized spacial score (nSPS) is 27.6. The smallest absolute Gasteiger partial charge is 0.0748 e. The molecule has 0 bridgehead atoms. The second-order valence-electron chi connectivity index (χ2n) is 5.53. The molecule has 1 heterocycles. The van der Waals surface area contributed by atoms with Gasteiger partial charge in [0.1, 0.15) is 0 Å². The van der Waals surface area contributed by atoms with E-state index in [2.05, 4.69) is 39.9 Å². The number of nitrogens with one attached hydrogen (secondary N) is 1. The molecule has 1 fully saturated rings. The van der Waals surface area contributed by atoms with Crippen molar-refractivity contribution in [1.29, 1.82) is 0 Å². The van der Waals surface area contributed by atoms with Crippen LogP contribution in [0, 0.1) is 5.41 Å². The standard InChI is InChI=1S/C12H25NO/c1-6-12(7-2)9-14-10(8-13-12)11(3,4)5/h10,13H,6-9H2,1-5H3. The zero-order chi connectivity index (χ0) is 10.8. The fraction of sp³-hybridized carbons (Fsp3) is 1.00. The maximum atomic E-state index is 5.98. The van der Waals surface area contributed by atoms with Crippen LogP contribution >= 0.6 is 0 Å². The first-order chi connectivity index (χ1) is 6.43. The summed E-state index contributed by atoms with van der Waals surface area (Å²) in [6.07, 6.45) is 2.66. The molecular weight excluding hydrogens is 174 g/mol. The molecule has 0 spiro atoms. The predicted octanol–water partition coefficient (Wildman–Crippen LogP) is 2.58. The van der Waals surface area contributed by atoms with E-state index in [0.29, 0.717) is 6.10 Å². The average molecular weight is 199 g/mol. The lowest BCUT2D eigenvalue weighted by Gasteiger charge is -2.44. The molecule has 1 saturated heterocycles. The van der Waals surface area contributed by atoms with Gasteiger partial charge in [0.15, 0.2) is 0 Å². The fourth-order valence-electron chi connectivity index (χ4n) is 1.94. The predicted molar refractivity (Wildman–Crippen MR) is 60.5 cm³/mol. The van der Waals surface area contributed by atoms with Gasteiger partial charge < -0.3 is 10.1 Å². The van der Waals surface area contributed by atoms with Crippen molar-refractivity contribution in [3.63, 3.8) is 0 Å². The fourth-order valence-corrected chi connectivity index (χ4v) is 1.94. The highest BCUT2D eigenvalue weighted by atomic mass is 16.5. The van der Waals surface area contributed by atoms with Crippen LogP contribution in [-0.2, 0) is 4.74 Å². The summed E-state index contributed by atoms with van der Waals surface area (Å²) < 4.78 is 5.98. The first-order valence-corrected chi connectivity index (χ1v) is 5.80. The Balaban J connectivity index is 2.53. The molecule has 2 heteroatoms. The molecule has 1 unspecified atom stereocenters. The third kappa shape index (κ3) is 2.48. The Morgan fingerprint density at radius 1 is 1.29 bits per heavy atom. The van der Waals surface area contributed by atoms with E-state index >= 15 is 0 Å². The maximum Gasteiger partial charge on any atom is 0.0748 e. The monoisotopic (exact) mass is 199 g/mol. The van der Waals surface area contributed by atoms with Gasteiger partial charge in [-0.3, -0.25) is 0 Å². The van der Waals surface area contributed by atoms with Crippen LogP contribution in [0.15, 0.2) is 0 Å². The van der Waals surface area contributed by atoms with E-state index in [0.717, 1.165) is 26.0 Å². The summed E-state index contributed by atoms with van der Waals surface area (Å²) in [7, 11) is 0. The molecule has 0 aromatic carbocycles. The Bertz CT molecular complexity index is 169. The molecule has 0 saturated carbocycles. The van der Waals surface area contributed by atoms with Gasteiger partial charge in [-0.2, -0.15) is 0 Å². The Labute approximate surface area is 88.4 Å². The van der Waals surface area contributed by atoms with Crippen molar-refractivity contribution in [1.82, 2.24) is 5.32 Å². The number of ether oxygens (including phenoxy) is 1. The lowest BCUT2D eigenvalue weighted by molar-refractivity contribution is -0.0826. The van der Waals surface area contributed by atoms with E-state index in [9.17, 15) is 0 Å². The molecule has 1 N–H and O–H groups in total. The van der Waals surface area contributed by atoms with Crippen LogP contribution < -0.4 is 5.32 Å². The Hall–Kier alpha value is -0.0800. The molecule has 1 rings (SSSR count). The second kappa shape index (κ2) is 4.19. The molecule has 0 aromatic heterocycles. The number of hydrogen-bond donors (Lipinski definition) is 1. The van der Waals surface area contributed by atoms with Crippen LogP contribution in [0.25, 0.3) is 0 Å². The van der Waals surface area contributed by atoms with E-state index in [1.165, 1.54) is 0 Å². The van der Waals surface area contributed by atoms with Crippen LogP contribution in [0.3, 0.4) is 0 Å². The largest absolute Gasteiger partial charge is 0.374 e. The molecule has 0 aromatic rings. The SMILES string of the molecule is CCC1(CC)COC(C(C)(C)C)CN1. The van der Waals surface area contributed by atoms with Crippen molar-refractivity contribution in [3.05, 3.63) is 0 Å². The summed E-state index contributed by atoms with van der Waals surface area (Å²) in [6.45, 7) is 13.0. The van der Waals surface area contributed by atoms with E-state index in [1.54, 1.807) is 0 Å². The van der Waals surface area contributed by atoms with Crippen LogP contribution in [0.1, 0.15) is 47.5 Å². The zero-order valence-electron chi connectivity index (χ0n) is 10.3. The summed E-state index contributed by atoms with van der Waals surface area (Å²) in [5, 5.41) is 3.66. The molecule has 1 aliphatic rings. The molecule has 1 aliphatic heterocycles. The number of hydrogen-bond acceptors (Lipinski definition) is 2. The van der Waals surface area contributed by atoms with Crippen molar-refractivity contribution in [2.45, 2.75) is 59.1 Å². The highest BCUT2D eigenvalue weighted by molar-refractivity contribution is 4.92. The van der Waals surface area contributed by atoms with Crippen molar-refractivity contribution in [2.24, 2.45) is 5.41 Å². The number of rotatable bonds is 2. The van der Waals surface area contributed by atoms with Crippen molar-refractivity contribution < 1.29 is 4.74 Å². The van der Waals surface area contributed by atoms with Gasteiger partial charge >= 0.3 is 0 Å².